The molecular weight excluding hydrogens is 304 g/mol. The molecule has 0 aliphatic carbocycles. The second kappa shape index (κ2) is 5.94. The van der Waals surface area contributed by atoms with E-state index in [4.69, 9.17) is 4.74 Å². The highest BCUT2D eigenvalue weighted by Crippen LogP contribution is 2.35. The van der Waals surface area contributed by atoms with Gasteiger partial charge in [0.25, 0.3) is 0 Å². The van der Waals surface area contributed by atoms with Crippen molar-refractivity contribution >= 4 is 6.09 Å². The number of aryl methyl sites for hydroxylation is 1. The van der Waals surface area contributed by atoms with Gasteiger partial charge in [-0.2, -0.15) is 0 Å². The van der Waals surface area contributed by atoms with Crippen LogP contribution in [-0.2, 0) is 30.4 Å². The molecule has 0 bridgehead atoms. The molecule has 126 valence electrons. The molecule has 4 rings (SSSR count). The third kappa shape index (κ3) is 2.57. The number of imidazole rings is 1. The van der Waals surface area contributed by atoms with Crippen molar-refractivity contribution in [3.05, 3.63) is 53.6 Å². The molecule has 1 atom stereocenters. The second-order valence-corrected chi connectivity index (χ2v) is 6.62. The molecule has 1 fully saturated rings. The molecule has 24 heavy (non-hydrogen) atoms. The maximum Gasteiger partial charge on any atom is 0.410 e. The van der Waals surface area contributed by atoms with Crippen LogP contribution < -0.4 is 5.32 Å². The van der Waals surface area contributed by atoms with Crippen molar-refractivity contribution < 1.29 is 9.53 Å². The fourth-order valence-electron chi connectivity index (χ4n) is 3.77. The van der Waals surface area contributed by atoms with Crippen LogP contribution >= 0.6 is 0 Å². The fourth-order valence-corrected chi connectivity index (χ4v) is 3.77. The predicted molar refractivity (Wildman–Crippen MR) is 89.4 cm³/mol. The van der Waals surface area contributed by atoms with Crippen molar-refractivity contribution in [1.29, 1.82) is 0 Å². The number of hydrogen-bond donors (Lipinski definition) is 1. The Balaban J connectivity index is 1.44. The van der Waals surface area contributed by atoms with Crippen molar-refractivity contribution in [2.75, 3.05) is 19.6 Å². The monoisotopic (exact) mass is 326 g/mol. The summed E-state index contributed by atoms with van der Waals surface area (Å²) in [5.74, 6) is 0. The summed E-state index contributed by atoms with van der Waals surface area (Å²) in [5, 5.41) is 3.60. The zero-order chi connectivity index (χ0) is 16.6. The lowest BCUT2D eigenvalue weighted by Gasteiger charge is -2.34. The molecule has 1 saturated heterocycles. The zero-order valence-electron chi connectivity index (χ0n) is 13.9. The lowest BCUT2D eigenvalue weighted by molar-refractivity contribution is 0.101. The predicted octanol–water partition coefficient (Wildman–Crippen LogP) is 1.80. The first kappa shape index (κ1) is 15.2. The third-order valence-electron chi connectivity index (χ3n) is 5.07. The highest BCUT2D eigenvalue weighted by molar-refractivity contribution is 5.68. The number of amides is 1. The van der Waals surface area contributed by atoms with Gasteiger partial charge in [0.05, 0.1) is 17.6 Å². The van der Waals surface area contributed by atoms with Crippen molar-refractivity contribution in [2.24, 2.45) is 7.05 Å². The van der Waals surface area contributed by atoms with Gasteiger partial charge >= 0.3 is 6.09 Å². The van der Waals surface area contributed by atoms with Gasteiger partial charge in [0.15, 0.2) is 0 Å². The largest absolute Gasteiger partial charge is 0.445 e. The molecule has 1 aromatic heterocycles. The maximum atomic E-state index is 12.4. The minimum atomic E-state index is -0.249. The molecule has 2 aliphatic rings. The molecule has 1 unspecified atom stereocenters. The van der Waals surface area contributed by atoms with Crippen LogP contribution in [0.1, 0.15) is 23.4 Å². The third-order valence-corrected chi connectivity index (χ3v) is 5.07. The number of benzene rings is 1. The number of likely N-dealkylation sites (tertiary alicyclic amines) is 1. The Morgan fingerprint density at radius 1 is 1.38 bits per heavy atom. The maximum absolute atomic E-state index is 12.4. The summed E-state index contributed by atoms with van der Waals surface area (Å²) in [5.41, 5.74) is 3.14. The van der Waals surface area contributed by atoms with Gasteiger partial charge in [-0.15, -0.1) is 0 Å². The fraction of sp³-hybridized carbons (Fsp3) is 0.444. The molecule has 1 spiro atoms. The summed E-state index contributed by atoms with van der Waals surface area (Å²) in [4.78, 5) is 18.8. The van der Waals surface area contributed by atoms with E-state index in [1.807, 2.05) is 43.7 Å². The van der Waals surface area contributed by atoms with E-state index < -0.39 is 0 Å². The van der Waals surface area contributed by atoms with E-state index in [2.05, 4.69) is 14.9 Å². The number of hydrogen-bond acceptors (Lipinski definition) is 4. The van der Waals surface area contributed by atoms with E-state index >= 15 is 0 Å². The number of ether oxygens (including phenoxy) is 1. The summed E-state index contributed by atoms with van der Waals surface area (Å²) in [6.45, 7) is 2.53. The minimum Gasteiger partial charge on any atom is -0.445 e. The minimum absolute atomic E-state index is 0.222. The van der Waals surface area contributed by atoms with Crippen LogP contribution in [0.4, 0.5) is 4.79 Å². The summed E-state index contributed by atoms with van der Waals surface area (Å²) in [7, 11) is 2.03. The molecule has 1 aromatic carbocycles. The van der Waals surface area contributed by atoms with Gasteiger partial charge in [-0.1, -0.05) is 30.3 Å². The number of carbonyl (C=O) groups excluding carboxylic acids is 1. The van der Waals surface area contributed by atoms with Gasteiger partial charge < -0.3 is 19.5 Å². The number of carbonyl (C=O) groups is 1. The topological polar surface area (TPSA) is 59.4 Å². The summed E-state index contributed by atoms with van der Waals surface area (Å²) in [6.07, 6.45) is 3.47. The molecule has 0 radical (unpaired) electrons. The standard InChI is InChI=1S/C18H22N4O2/c1-21-13-19-16-15(21)7-9-20-18(16)8-10-22(12-18)17(23)24-11-14-5-3-2-4-6-14/h2-6,13,20H,7-12H2,1H3. The molecule has 1 N–H and O–H groups in total. The van der Waals surface area contributed by atoms with Gasteiger partial charge in [0.2, 0.25) is 0 Å². The molecular formula is C18H22N4O2. The van der Waals surface area contributed by atoms with Crippen molar-refractivity contribution in [2.45, 2.75) is 25.0 Å². The normalized spacial score (nSPS) is 22.6. The molecule has 2 aromatic rings. The van der Waals surface area contributed by atoms with Gasteiger partial charge in [-0.25, -0.2) is 9.78 Å². The Bertz CT molecular complexity index is 743. The molecule has 2 aliphatic heterocycles. The molecule has 0 saturated carbocycles. The zero-order valence-corrected chi connectivity index (χ0v) is 13.9. The van der Waals surface area contributed by atoms with Crippen molar-refractivity contribution in [3.63, 3.8) is 0 Å². The Morgan fingerprint density at radius 3 is 3.04 bits per heavy atom. The molecule has 3 heterocycles. The first-order chi connectivity index (χ1) is 11.7. The number of aromatic nitrogens is 2. The SMILES string of the molecule is Cn1cnc2c1CCNC21CCN(C(=O)OCc2ccccc2)C1. The van der Waals surface area contributed by atoms with E-state index in [0.29, 0.717) is 19.7 Å². The van der Waals surface area contributed by atoms with Crippen molar-refractivity contribution in [3.8, 4) is 0 Å². The van der Waals surface area contributed by atoms with Gasteiger partial charge in [-0.3, -0.25) is 0 Å². The smallest absolute Gasteiger partial charge is 0.410 e. The van der Waals surface area contributed by atoms with Gasteiger partial charge in [0.1, 0.15) is 6.61 Å². The van der Waals surface area contributed by atoms with E-state index in [-0.39, 0.29) is 11.6 Å². The first-order valence-corrected chi connectivity index (χ1v) is 8.39. The summed E-state index contributed by atoms with van der Waals surface area (Å²) in [6, 6.07) is 9.77. The summed E-state index contributed by atoms with van der Waals surface area (Å²) >= 11 is 0. The number of nitrogens with one attached hydrogen (secondary N) is 1. The first-order valence-electron chi connectivity index (χ1n) is 8.39. The van der Waals surface area contributed by atoms with Crippen LogP contribution in [0, 0.1) is 0 Å². The Morgan fingerprint density at radius 2 is 2.21 bits per heavy atom. The Labute approximate surface area is 141 Å². The molecule has 6 heteroatoms. The van der Waals surface area contributed by atoms with Crippen LogP contribution in [0.2, 0.25) is 0 Å². The molecule has 1 amide bonds. The van der Waals surface area contributed by atoms with Crippen LogP contribution in [-0.4, -0.2) is 40.2 Å². The molecule has 6 nitrogen and oxygen atoms in total. The number of rotatable bonds is 2. The average Bonchev–Trinajstić information content (AvgIpc) is 3.20. The lowest BCUT2D eigenvalue weighted by atomic mass is 9.88. The van der Waals surface area contributed by atoms with Crippen LogP contribution in [0.5, 0.6) is 0 Å². The van der Waals surface area contributed by atoms with E-state index in [1.165, 1.54) is 5.69 Å². The van der Waals surface area contributed by atoms with Crippen LogP contribution in [0.3, 0.4) is 0 Å². The van der Waals surface area contributed by atoms with Gasteiger partial charge in [-0.05, 0) is 12.0 Å². The summed E-state index contributed by atoms with van der Waals surface area (Å²) < 4.78 is 7.56. The van der Waals surface area contributed by atoms with E-state index in [1.54, 1.807) is 4.90 Å². The van der Waals surface area contributed by atoms with Gasteiger partial charge in [0, 0.05) is 38.8 Å². The van der Waals surface area contributed by atoms with Crippen molar-refractivity contribution in [1.82, 2.24) is 19.8 Å². The van der Waals surface area contributed by atoms with Crippen LogP contribution in [0.25, 0.3) is 0 Å². The Kier molecular flexibility index (Phi) is 3.76. The highest BCUT2D eigenvalue weighted by atomic mass is 16.6. The second-order valence-electron chi connectivity index (χ2n) is 6.62. The highest BCUT2D eigenvalue weighted by Gasteiger charge is 2.46. The Hall–Kier alpha value is -2.34. The number of nitrogens with zero attached hydrogens (tertiary/aromatic N) is 3. The van der Waals surface area contributed by atoms with Crippen LogP contribution in [0.15, 0.2) is 36.7 Å². The average molecular weight is 326 g/mol. The quantitative estimate of drug-likeness (QED) is 0.914. The number of fused-ring (bicyclic) bond motifs is 2. The van der Waals surface area contributed by atoms with E-state index in [0.717, 1.165) is 30.6 Å². The lowest BCUT2D eigenvalue weighted by Crippen LogP contribution is -2.50. The van der Waals surface area contributed by atoms with E-state index in [9.17, 15) is 4.79 Å².